The van der Waals surface area contributed by atoms with Gasteiger partial charge in [-0.3, -0.25) is 4.68 Å². The highest BCUT2D eigenvalue weighted by atomic mass is 19.1. The van der Waals surface area contributed by atoms with E-state index in [2.05, 4.69) is 20.7 Å². The fraction of sp³-hybridized carbons (Fsp3) is 0.235. The van der Waals surface area contributed by atoms with Crippen LogP contribution in [0.3, 0.4) is 0 Å². The number of nitrogens with one attached hydrogen (secondary N) is 2. The normalized spacial score (nSPS) is 10.8. The number of carbonyl (C=O) groups is 1. The maximum Gasteiger partial charge on any atom is 0.319 e. The molecular weight excluding hydrogens is 309 g/mol. The lowest BCUT2D eigenvalue weighted by Gasteiger charge is -2.08. The molecule has 1 aromatic carbocycles. The molecule has 2 heterocycles. The lowest BCUT2D eigenvalue weighted by molar-refractivity contribution is 0.251. The second-order valence-electron chi connectivity index (χ2n) is 5.70. The number of benzene rings is 1. The Balaban J connectivity index is 1.66. The van der Waals surface area contributed by atoms with Gasteiger partial charge in [0.1, 0.15) is 5.82 Å². The first-order valence-electron chi connectivity index (χ1n) is 7.53. The van der Waals surface area contributed by atoms with Crippen molar-refractivity contribution in [3.63, 3.8) is 0 Å². The number of aromatic nitrogens is 3. The quantitative estimate of drug-likeness (QED) is 0.776. The van der Waals surface area contributed by atoms with E-state index in [1.165, 1.54) is 6.07 Å². The molecule has 124 valence electrons. The highest BCUT2D eigenvalue weighted by Crippen LogP contribution is 2.19. The number of halogens is 1. The van der Waals surface area contributed by atoms with Gasteiger partial charge in [0.05, 0.1) is 17.6 Å². The number of hydrogen-bond donors (Lipinski definition) is 2. The van der Waals surface area contributed by atoms with Gasteiger partial charge >= 0.3 is 6.03 Å². The van der Waals surface area contributed by atoms with Crippen LogP contribution < -0.4 is 10.6 Å². The highest BCUT2D eigenvalue weighted by molar-refractivity contribution is 5.92. The smallest absolute Gasteiger partial charge is 0.319 e. The van der Waals surface area contributed by atoms with E-state index >= 15 is 0 Å². The van der Waals surface area contributed by atoms with Crippen LogP contribution in [-0.4, -0.2) is 20.8 Å². The van der Waals surface area contributed by atoms with Gasteiger partial charge in [0.25, 0.3) is 0 Å². The fourth-order valence-electron chi connectivity index (χ4n) is 2.55. The monoisotopic (exact) mass is 327 g/mol. The third-order valence-corrected chi connectivity index (χ3v) is 3.80. The zero-order valence-corrected chi connectivity index (χ0v) is 13.7. The van der Waals surface area contributed by atoms with Crippen molar-refractivity contribution in [3.05, 3.63) is 53.1 Å². The average molecular weight is 327 g/mol. The first-order chi connectivity index (χ1) is 11.4. The van der Waals surface area contributed by atoms with E-state index in [1.807, 2.05) is 20.0 Å². The largest absolute Gasteiger partial charge is 0.334 e. The Morgan fingerprint density at radius 2 is 2.08 bits per heavy atom. The number of nitrogens with zero attached hydrogens (tertiary/aromatic N) is 3. The summed E-state index contributed by atoms with van der Waals surface area (Å²) in [5.74, 6) is -0.255. The molecule has 0 bridgehead atoms. The standard InChI is InChI=1S/C17H18FN5O/c1-10-6-12(4-5-15(10)18)8-20-17(24)21-13-7-14-11(2)22-23(3)16(14)19-9-13/h4-7,9H,8H2,1-3H3,(H2,20,21,24). The molecule has 2 aromatic heterocycles. The summed E-state index contributed by atoms with van der Waals surface area (Å²) in [6.07, 6.45) is 1.59. The topological polar surface area (TPSA) is 71.8 Å². The number of aryl methyl sites for hydroxylation is 3. The Morgan fingerprint density at radius 1 is 1.29 bits per heavy atom. The highest BCUT2D eigenvalue weighted by Gasteiger charge is 2.09. The molecule has 0 atom stereocenters. The molecule has 0 unspecified atom stereocenters. The van der Waals surface area contributed by atoms with Crippen LogP contribution in [-0.2, 0) is 13.6 Å². The summed E-state index contributed by atoms with van der Waals surface area (Å²) < 4.78 is 14.9. The lowest BCUT2D eigenvalue weighted by Crippen LogP contribution is -2.28. The molecule has 7 heteroatoms. The van der Waals surface area contributed by atoms with Crippen molar-refractivity contribution in [3.8, 4) is 0 Å². The zero-order valence-electron chi connectivity index (χ0n) is 13.7. The summed E-state index contributed by atoms with van der Waals surface area (Å²) in [4.78, 5) is 16.3. The van der Waals surface area contributed by atoms with E-state index in [1.54, 1.807) is 29.9 Å². The Labute approximate surface area is 138 Å². The molecule has 0 spiro atoms. The minimum atomic E-state index is -0.348. The molecule has 0 radical (unpaired) electrons. The van der Waals surface area contributed by atoms with Gasteiger partial charge in [0, 0.05) is 19.0 Å². The van der Waals surface area contributed by atoms with E-state index in [9.17, 15) is 9.18 Å². The van der Waals surface area contributed by atoms with Crippen LogP contribution in [0.1, 0.15) is 16.8 Å². The summed E-state index contributed by atoms with van der Waals surface area (Å²) in [5, 5.41) is 10.7. The van der Waals surface area contributed by atoms with Gasteiger partial charge in [-0.25, -0.2) is 14.2 Å². The summed E-state index contributed by atoms with van der Waals surface area (Å²) in [6.45, 7) is 3.90. The molecule has 3 aromatic rings. The molecule has 0 aliphatic heterocycles. The van der Waals surface area contributed by atoms with Crippen molar-refractivity contribution >= 4 is 22.8 Å². The summed E-state index contributed by atoms with van der Waals surface area (Å²) in [7, 11) is 1.83. The second-order valence-corrected chi connectivity index (χ2v) is 5.70. The van der Waals surface area contributed by atoms with Crippen LogP contribution in [0.5, 0.6) is 0 Å². The second kappa shape index (κ2) is 6.27. The molecule has 24 heavy (non-hydrogen) atoms. The maximum absolute atomic E-state index is 13.2. The van der Waals surface area contributed by atoms with Gasteiger partial charge < -0.3 is 10.6 Å². The molecule has 0 aliphatic rings. The Morgan fingerprint density at radius 3 is 2.83 bits per heavy atom. The fourth-order valence-corrected chi connectivity index (χ4v) is 2.55. The summed E-state index contributed by atoms with van der Waals surface area (Å²) in [5.41, 5.74) is 3.59. The molecule has 0 aliphatic carbocycles. The van der Waals surface area contributed by atoms with E-state index in [4.69, 9.17) is 0 Å². The molecule has 0 saturated heterocycles. The Hall–Kier alpha value is -2.96. The molecular formula is C17H18FN5O. The maximum atomic E-state index is 13.2. The van der Waals surface area contributed by atoms with Gasteiger partial charge in [-0.05, 0) is 37.1 Å². The number of amides is 2. The van der Waals surface area contributed by atoms with Gasteiger partial charge in [0.2, 0.25) is 0 Å². The number of pyridine rings is 1. The number of urea groups is 1. The van der Waals surface area contributed by atoms with Gasteiger partial charge in [-0.15, -0.1) is 0 Å². The number of fused-ring (bicyclic) bond motifs is 1. The van der Waals surface area contributed by atoms with Crippen LogP contribution >= 0.6 is 0 Å². The van der Waals surface area contributed by atoms with Gasteiger partial charge in [0.15, 0.2) is 5.65 Å². The summed E-state index contributed by atoms with van der Waals surface area (Å²) in [6, 6.07) is 6.25. The first kappa shape index (κ1) is 15.9. The van der Waals surface area contributed by atoms with Gasteiger partial charge in [-0.1, -0.05) is 12.1 Å². The first-order valence-corrected chi connectivity index (χ1v) is 7.53. The minimum absolute atomic E-state index is 0.255. The van der Waals surface area contributed by atoms with Crippen molar-refractivity contribution in [2.75, 3.05) is 5.32 Å². The van der Waals surface area contributed by atoms with Crippen molar-refractivity contribution in [2.24, 2.45) is 7.05 Å². The number of carbonyl (C=O) groups excluding carboxylic acids is 1. The van der Waals surface area contributed by atoms with Crippen molar-refractivity contribution in [1.82, 2.24) is 20.1 Å². The average Bonchev–Trinajstić information content (AvgIpc) is 2.83. The number of hydrogen-bond acceptors (Lipinski definition) is 3. The van der Waals surface area contributed by atoms with E-state index in [0.29, 0.717) is 17.8 Å². The van der Waals surface area contributed by atoms with Crippen molar-refractivity contribution in [2.45, 2.75) is 20.4 Å². The van der Waals surface area contributed by atoms with E-state index < -0.39 is 0 Å². The molecule has 0 fully saturated rings. The predicted molar refractivity (Wildman–Crippen MR) is 90.2 cm³/mol. The van der Waals surface area contributed by atoms with Crippen LogP contribution in [0.4, 0.5) is 14.9 Å². The molecule has 0 saturated carbocycles. The number of rotatable bonds is 3. The minimum Gasteiger partial charge on any atom is -0.334 e. The Kier molecular flexibility index (Phi) is 4.16. The third-order valence-electron chi connectivity index (χ3n) is 3.80. The van der Waals surface area contributed by atoms with Crippen LogP contribution in [0.2, 0.25) is 0 Å². The lowest BCUT2D eigenvalue weighted by atomic mass is 10.1. The molecule has 2 amide bonds. The van der Waals surface area contributed by atoms with Crippen LogP contribution in [0.15, 0.2) is 30.5 Å². The predicted octanol–water partition coefficient (Wildman–Crippen LogP) is 3.05. The zero-order chi connectivity index (χ0) is 17.3. The molecule has 3 rings (SSSR count). The van der Waals surface area contributed by atoms with Crippen molar-refractivity contribution < 1.29 is 9.18 Å². The van der Waals surface area contributed by atoms with E-state index in [0.717, 1.165) is 22.3 Å². The third kappa shape index (κ3) is 3.19. The SMILES string of the molecule is Cc1cc(CNC(=O)Nc2cnc3c(c2)c(C)nn3C)ccc1F. The summed E-state index contributed by atoms with van der Waals surface area (Å²) >= 11 is 0. The van der Waals surface area contributed by atoms with Gasteiger partial charge in [-0.2, -0.15) is 5.10 Å². The Bertz CT molecular complexity index is 919. The van der Waals surface area contributed by atoms with Crippen molar-refractivity contribution in [1.29, 1.82) is 0 Å². The number of anilines is 1. The van der Waals surface area contributed by atoms with Crippen LogP contribution in [0, 0.1) is 19.7 Å². The molecule has 2 N–H and O–H groups in total. The van der Waals surface area contributed by atoms with Crippen LogP contribution in [0.25, 0.3) is 11.0 Å². The molecule has 6 nitrogen and oxygen atoms in total. The van der Waals surface area contributed by atoms with E-state index in [-0.39, 0.29) is 11.8 Å².